The number of fused-ring (bicyclic) bond motifs is 2. The highest BCUT2D eigenvalue weighted by molar-refractivity contribution is 7.07. The fourth-order valence-corrected chi connectivity index (χ4v) is 5.84. The normalized spacial score (nSPS) is 25.0. The van der Waals surface area contributed by atoms with E-state index in [0.29, 0.717) is 0 Å². The Hall–Kier alpha value is -2.17. The van der Waals surface area contributed by atoms with Crippen molar-refractivity contribution in [1.82, 2.24) is 9.78 Å². The Kier molecular flexibility index (Phi) is 4.29. The molecule has 0 spiro atoms. The average Bonchev–Trinajstić information content (AvgIpc) is 3.35. The number of aryl methyl sites for hydroxylation is 1. The first-order valence-corrected chi connectivity index (χ1v) is 11.1. The number of aromatic nitrogens is 2. The summed E-state index contributed by atoms with van der Waals surface area (Å²) in [4.78, 5) is 0. The number of hydrogen-bond donors (Lipinski definition) is 1. The molecule has 3 atom stereocenters. The first kappa shape index (κ1) is 17.9. The molecule has 28 heavy (non-hydrogen) atoms. The molecule has 0 amide bonds. The predicted molar refractivity (Wildman–Crippen MR) is 115 cm³/mol. The average molecular weight is 391 g/mol. The third kappa shape index (κ3) is 2.78. The fourth-order valence-electron chi connectivity index (χ4n) is 5.15. The van der Waals surface area contributed by atoms with E-state index in [1.165, 1.54) is 22.4 Å². The summed E-state index contributed by atoms with van der Waals surface area (Å²) < 4.78 is 2.07. The molecule has 1 N–H and O–H groups in total. The number of benzene rings is 1. The van der Waals surface area contributed by atoms with Gasteiger partial charge in [-0.1, -0.05) is 30.2 Å². The minimum atomic E-state index is -0.395. The van der Waals surface area contributed by atoms with E-state index in [2.05, 4.69) is 65.7 Å². The minimum absolute atomic E-state index is 0.00621. The third-order valence-corrected chi connectivity index (χ3v) is 7.51. The molecule has 0 saturated heterocycles. The molecule has 1 aromatic carbocycles. The number of thiophene rings is 1. The summed E-state index contributed by atoms with van der Waals surface area (Å²) in [6, 6.07) is 10.6. The van der Waals surface area contributed by atoms with Crippen LogP contribution in [0.2, 0.25) is 0 Å². The van der Waals surface area contributed by atoms with Crippen molar-refractivity contribution in [2.45, 2.75) is 45.6 Å². The lowest BCUT2D eigenvalue weighted by atomic mass is 9.58. The van der Waals surface area contributed by atoms with E-state index in [1.807, 2.05) is 6.20 Å². The van der Waals surface area contributed by atoms with Gasteiger partial charge in [0.2, 0.25) is 0 Å². The Morgan fingerprint density at radius 2 is 2.07 bits per heavy atom. The van der Waals surface area contributed by atoms with Crippen LogP contribution in [0.3, 0.4) is 0 Å². The molecule has 0 unspecified atom stereocenters. The van der Waals surface area contributed by atoms with E-state index in [9.17, 15) is 5.11 Å². The topological polar surface area (TPSA) is 38.0 Å². The van der Waals surface area contributed by atoms with Crippen LogP contribution in [-0.4, -0.2) is 14.9 Å². The Bertz CT molecular complexity index is 1020. The number of nitrogens with zero attached hydrogens (tertiary/aromatic N) is 2. The van der Waals surface area contributed by atoms with Gasteiger partial charge in [0.25, 0.3) is 0 Å². The van der Waals surface area contributed by atoms with Crippen molar-refractivity contribution in [3.8, 4) is 5.69 Å². The number of allylic oxidation sites excluding steroid dienone is 1. The Morgan fingerprint density at radius 1 is 1.25 bits per heavy atom. The SMILES string of the molecule is Cc1ccc(-n2ncc3c2C=C2CCC[C@H]([C@@H](O)c4ccsc4)[C@@]2(C)C3)cc1. The lowest BCUT2D eigenvalue weighted by molar-refractivity contribution is 0.0220. The lowest BCUT2D eigenvalue weighted by Crippen LogP contribution is -2.40. The van der Waals surface area contributed by atoms with Gasteiger partial charge in [-0.25, -0.2) is 4.68 Å². The first-order chi connectivity index (χ1) is 13.6. The zero-order chi connectivity index (χ0) is 19.3. The molecule has 2 aromatic heterocycles. The van der Waals surface area contributed by atoms with Gasteiger partial charge in [-0.05, 0) is 90.1 Å². The maximum atomic E-state index is 11.2. The first-order valence-electron chi connectivity index (χ1n) is 10.1. The van der Waals surface area contributed by atoms with Gasteiger partial charge in [0.1, 0.15) is 0 Å². The predicted octanol–water partition coefficient (Wildman–Crippen LogP) is 5.72. The van der Waals surface area contributed by atoms with Crippen LogP contribution in [0.1, 0.15) is 54.7 Å². The Labute approximate surface area is 170 Å². The Balaban J connectivity index is 1.54. The molecule has 2 aliphatic carbocycles. The van der Waals surface area contributed by atoms with Gasteiger partial charge in [-0.2, -0.15) is 16.4 Å². The van der Waals surface area contributed by atoms with E-state index in [0.717, 1.165) is 36.9 Å². The summed E-state index contributed by atoms with van der Waals surface area (Å²) in [5, 5.41) is 20.0. The van der Waals surface area contributed by atoms with E-state index in [4.69, 9.17) is 5.10 Å². The van der Waals surface area contributed by atoms with Crippen molar-refractivity contribution in [1.29, 1.82) is 0 Å². The largest absolute Gasteiger partial charge is 0.388 e. The van der Waals surface area contributed by atoms with Crippen molar-refractivity contribution in [3.05, 3.63) is 75.2 Å². The van der Waals surface area contributed by atoms with Crippen LogP contribution in [0.25, 0.3) is 11.8 Å². The van der Waals surface area contributed by atoms with Gasteiger partial charge < -0.3 is 5.11 Å². The van der Waals surface area contributed by atoms with E-state index >= 15 is 0 Å². The molecule has 144 valence electrons. The van der Waals surface area contributed by atoms with Gasteiger partial charge >= 0.3 is 0 Å². The Morgan fingerprint density at radius 3 is 2.82 bits per heavy atom. The molecule has 0 radical (unpaired) electrons. The maximum Gasteiger partial charge on any atom is 0.0834 e. The monoisotopic (exact) mass is 390 g/mol. The summed E-state index contributed by atoms with van der Waals surface area (Å²) in [5.74, 6) is 0.248. The van der Waals surface area contributed by atoms with Crippen LogP contribution < -0.4 is 0 Å². The van der Waals surface area contributed by atoms with Gasteiger partial charge in [0.05, 0.1) is 23.7 Å². The van der Waals surface area contributed by atoms with Crippen LogP contribution in [0.4, 0.5) is 0 Å². The van der Waals surface area contributed by atoms with Crippen molar-refractivity contribution < 1.29 is 5.11 Å². The molecular formula is C24H26N2OS. The fraction of sp³-hybridized carbons (Fsp3) is 0.375. The third-order valence-electron chi connectivity index (χ3n) is 6.81. The highest BCUT2D eigenvalue weighted by atomic mass is 32.1. The van der Waals surface area contributed by atoms with Crippen LogP contribution in [0.5, 0.6) is 0 Å². The van der Waals surface area contributed by atoms with E-state index in [-0.39, 0.29) is 11.3 Å². The number of aliphatic hydroxyl groups is 1. The minimum Gasteiger partial charge on any atom is -0.388 e. The van der Waals surface area contributed by atoms with Gasteiger partial charge in [0, 0.05) is 0 Å². The summed E-state index contributed by atoms with van der Waals surface area (Å²) in [6.07, 6.45) is 8.27. The summed E-state index contributed by atoms with van der Waals surface area (Å²) >= 11 is 1.66. The summed E-state index contributed by atoms with van der Waals surface area (Å²) in [6.45, 7) is 4.46. The zero-order valence-corrected chi connectivity index (χ0v) is 17.2. The van der Waals surface area contributed by atoms with Crippen LogP contribution in [0, 0.1) is 18.3 Å². The maximum absolute atomic E-state index is 11.2. The van der Waals surface area contributed by atoms with E-state index < -0.39 is 6.10 Å². The molecule has 4 heteroatoms. The molecule has 0 bridgehead atoms. The number of aliphatic hydroxyl groups excluding tert-OH is 1. The second-order valence-corrected chi connectivity index (χ2v) is 9.35. The zero-order valence-electron chi connectivity index (χ0n) is 16.4. The summed E-state index contributed by atoms with van der Waals surface area (Å²) in [5.41, 5.74) is 7.40. The van der Waals surface area contributed by atoms with Gasteiger partial charge in [0.15, 0.2) is 0 Å². The van der Waals surface area contributed by atoms with Gasteiger partial charge in [-0.3, -0.25) is 0 Å². The van der Waals surface area contributed by atoms with Crippen molar-refractivity contribution in [2.75, 3.05) is 0 Å². The molecule has 3 aromatic rings. The quantitative estimate of drug-likeness (QED) is 0.621. The number of rotatable bonds is 3. The summed E-state index contributed by atoms with van der Waals surface area (Å²) in [7, 11) is 0. The second kappa shape index (κ2) is 6.71. The standard InChI is InChI=1S/C24H26N2OS/c1-16-6-8-20(9-7-16)26-22-12-19-4-3-5-21(23(27)17-10-11-28-15-17)24(19,2)13-18(22)14-25-26/h6-12,14-15,21,23,27H,3-5,13H2,1-2H3/t21-,23+,24+/m1/s1. The molecule has 1 fully saturated rings. The van der Waals surface area contributed by atoms with Crippen molar-refractivity contribution in [3.63, 3.8) is 0 Å². The highest BCUT2D eigenvalue weighted by Crippen LogP contribution is 2.54. The van der Waals surface area contributed by atoms with Gasteiger partial charge in [-0.15, -0.1) is 0 Å². The molecular weight excluding hydrogens is 364 g/mol. The smallest absolute Gasteiger partial charge is 0.0834 e. The molecule has 0 aliphatic heterocycles. The highest BCUT2D eigenvalue weighted by Gasteiger charge is 2.46. The van der Waals surface area contributed by atoms with E-state index in [1.54, 1.807) is 11.3 Å². The lowest BCUT2D eigenvalue weighted by Gasteiger charge is -2.47. The number of hydrogen-bond acceptors (Lipinski definition) is 3. The molecule has 1 saturated carbocycles. The van der Waals surface area contributed by atoms with Crippen molar-refractivity contribution in [2.24, 2.45) is 11.3 Å². The van der Waals surface area contributed by atoms with Crippen molar-refractivity contribution >= 4 is 17.4 Å². The van der Waals surface area contributed by atoms with Crippen LogP contribution in [0.15, 0.2) is 52.9 Å². The molecule has 5 rings (SSSR count). The second-order valence-electron chi connectivity index (χ2n) is 8.57. The molecule has 2 aliphatic rings. The van der Waals surface area contributed by atoms with Crippen LogP contribution >= 0.6 is 11.3 Å². The van der Waals surface area contributed by atoms with Crippen LogP contribution in [-0.2, 0) is 6.42 Å². The molecule has 2 heterocycles. The molecule has 3 nitrogen and oxygen atoms in total.